The first kappa shape index (κ1) is 14.6. The molecule has 0 atom stereocenters. The molecular weight excluding hydrogens is 268 g/mol. The minimum Gasteiger partial charge on any atom is -0.478 e. The summed E-state index contributed by atoms with van der Waals surface area (Å²) >= 11 is 0. The van der Waals surface area contributed by atoms with Gasteiger partial charge in [-0.15, -0.1) is 0 Å². The SMILES string of the molecule is Cc1ccc(C(=O)O)cc1NC(=O)c1cccc(N)c1C. The van der Waals surface area contributed by atoms with Crippen molar-refractivity contribution in [3.8, 4) is 0 Å². The van der Waals surface area contributed by atoms with Gasteiger partial charge in [-0.05, 0) is 49.2 Å². The number of hydrogen-bond acceptors (Lipinski definition) is 3. The molecule has 0 spiro atoms. The van der Waals surface area contributed by atoms with Gasteiger partial charge in [0.1, 0.15) is 0 Å². The van der Waals surface area contributed by atoms with E-state index < -0.39 is 5.97 Å². The summed E-state index contributed by atoms with van der Waals surface area (Å²) in [5, 5.41) is 11.7. The van der Waals surface area contributed by atoms with Gasteiger partial charge in [-0.2, -0.15) is 0 Å². The lowest BCUT2D eigenvalue weighted by atomic mass is 10.1. The number of nitrogens with one attached hydrogen (secondary N) is 1. The zero-order valence-corrected chi connectivity index (χ0v) is 11.8. The number of hydrogen-bond donors (Lipinski definition) is 3. The first-order valence-corrected chi connectivity index (χ1v) is 6.40. The highest BCUT2D eigenvalue weighted by molar-refractivity contribution is 6.06. The molecule has 0 saturated heterocycles. The predicted octanol–water partition coefficient (Wildman–Crippen LogP) is 2.84. The van der Waals surface area contributed by atoms with Crippen molar-refractivity contribution in [1.29, 1.82) is 0 Å². The maximum absolute atomic E-state index is 12.3. The molecule has 0 saturated carbocycles. The highest BCUT2D eigenvalue weighted by Gasteiger charge is 2.13. The Labute approximate surface area is 122 Å². The van der Waals surface area contributed by atoms with E-state index in [0.717, 1.165) is 5.56 Å². The first-order chi connectivity index (χ1) is 9.90. The molecule has 2 aromatic rings. The van der Waals surface area contributed by atoms with Crippen LogP contribution in [0.25, 0.3) is 0 Å². The summed E-state index contributed by atoms with van der Waals surface area (Å²) in [4.78, 5) is 23.3. The summed E-state index contributed by atoms with van der Waals surface area (Å²) in [6.45, 7) is 3.57. The average Bonchev–Trinajstić information content (AvgIpc) is 2.43. The molecule has 0 fully saturated rings. The molecule has 2 aromatic carbocycles. The maximum atomic E-state index is 12.3. The van der Waals surface area contributed by atoms with Gasteiger partial charge in [0, 0.05) is 16.9 Å². The zero-order valence-electron chi connectivity index (χ0n) is 11.8. The van der Waals surface area contributed by atoms with Crippen LogP contribution in [-0.2, 0) is 0 Å². The van der Waals surface area contributed by atoms with Gasteiger partial charge < -0.3 is 16.2 Å². The van der Waals surface area contributed by atoms with Crippen LogP contribution in [0.3, 0.4) is 0 Å². The standard InChI is InChI=1S/C16H16N2O3/c1-9-6-7-11(16(20)21)8-14(9)18-15(19)12-4-3-5-13(17)10(12)2/h3-8H,17H2,1-2H3,(H,18,19)(H,20,21). The molecule has 0 bridgehead atoms. The van der Waals surface area contributed by atoms with Gasteiger partial charge >= 0.3 is 5.97 Å². The van der Waals surface area contributed by atoms with Gasteiger partial charge in [0.2, 0.25) is 0 Å². The second kappa shape index (κ2) is 5.66. The number of aryl methyl sites for hydroxylation is 1. The summed E-state index contributed by atoms with van der Waals surface area (Å²) < 4.78 is 0. The summed E-state index contributed by atoms with van der Waals surface area (Å²) in [5.41, 5.74) is 8.88. The third-order valence-corrected chi connectivity index (χ3v) is 3.35. The van der Waals surface area contributed by atoms with Crippen LogP contribution in [0.1, 0.15) is 31.8 Å². The number of anilines is 2. The van der Waals surface area contributed by atoms with Gasteiger partial charge in [-0.25, -0.2) is 4.79 Å². The molecule has 21 heavy (non-hydrogen) atoms. The van der Waals surface area contributed by atoms with E-state index in [2.05, 4.69) is 5.32 Å². The van der Waals surface area contributed by atoms with Crippen molar-refractivity contribution < 1.29 is 14.7 Å². The Hall–Kier alpha value is -2.82. The number of carboxylic acid groups (broad SMARTS) is 1. The molecular formula is C16H16N2O3. The van der Waals surface area contributed by atoms with Gasteiger partial charge in [0.25, 0.3) is 5.91 Å². The smallest absolute Gasteiger partial charge is 0.335 e. The molecule has 0 aromatic heterocycles. The van der Waals surface area contributed by atoms with Gasteiger partial charge in [0.15, 0.2) is 0 Å². The molecule has 0 aliphatic rings. The van der Waals surface area contributed by atoms with E-state index in [0.29, 0.717) is 22.5 Å². The molecule has 2 rings (SSSR count). The van der Waals surface area contributed by atoms with Crippen LogP contribution in [0, 0.1) is 13.8 Å². The quantitative estimate of drug-likeness (QED) is 0.756. The van der Waals surface area contributed by atoms with Crippen molar-refractivity contribution in [2.45, 2.75) is 13.8 Å². The van der Waals surface area contributed by atoms with Gasteiger partial charge in [0.05, 0.1) is 5.56 Å². The number of aromatic carboxylic acids is 1. The third-order valence-electron chi connectivity index (χ3n) is 3.35. The fraction of sp³-hybridized carbons (Fsp3) is 0.125. The summed E-state index contributed by atoms with van der Waals surface area (Å²) in [5.74, 6) is -1.35. The number of carbonyl (C=O) groups excluding carboxylic acids is 1. The van der Waals surface area contributed by atoms with Crippen molar-refractivity contribution in [3.05, 3.63) is 58.7 Å². The van der Waals surface area contributed by atoms with Crippen LogP contribution in [0.2, 0.25) is 0 Å². The lowest BCUT2D eigenvalue weighted by molar-refractivity contribution is 0.0696. The molecule has 5 heteroatoms. The number of amides is 1. The highest BCUT2D eigenvalue weighted by atomic mass is 16.4. The molecule has 0 unspecified atom stereocenters. The van der Waals surface area contributed by atoms with Crippen LogP contribution in [0.4, 0.5) is 11.4 Å². The summed E-state index contributed by atoms with van der Waals surface area (Å²) in [6.07, 6.45) is 0. The second-order valence-electron chi connectivity index (χ2n) is 4.81. The van der Waals surface area contributed by atoms with E-state index in [9.17, 15) is 9.59 Å². The molecule has 0 aliphatic carbocycles. The van der Waals surface area contributed by atoms with E-state index in [1.165, 1.54) is 12.1 Å². The van der Waals surface area contributed by atoms with E-state index in [4.69, 9.17) is 10.8 Å². The topological polar surface area (TPSA) is 92.4 Å². The lowest BCUT2D eigenvalue weighted by Crippen LogP contribution is -2.15. The molecule has 0 heterocycles. The van der Waals surface area contributed by atoms with E-state index in [1.807, 2.05) is 0 Å². The Kier molecular flexibility index (Phi) is 3.93. The Bertz CT molecular complexity index is 723. The van der Waals surface area contributed by atoms with Crippen LogP contribution in [0.5, 0.6) is 0 Å². The predicted molar refractivity (Wildman–Crippen MR) is 81.7 cm³/mol. The van der Waals surface area contributed by atoms with E-state index in [1.54, 1.807) is 38.1 Å². The van der Waals surface area contributed by atoms with Crippen LogP contribution in [-0.4, -0.2) is 17.0 Å². The average molecular weight is 284 g/mol. The number of benzene rings is 2. The van der Waals surface area contributed by atoms with Crippen molar-refractivity contribution in [2.75, 3.05) is 11.1 Å². The molecule has 1 amide bonds. The van der Waals surface area contributed by atoms with Gasteiger partial charge in [-0.3, -0.25) is 4.79 Å². The second-order valence-corrected chi connectivity index (χ2v) is 4.81. The summed E-state index contributed by atoms with van der Waals surface area (Å²) in [7, 11) is 0. The fourth-order valence-electron chi connectivity index (χ4n) is 1.98. The molecule has 0 aliphatic heterocycles. The maximum Gasteiger partial charge on any atom is 0.335 e. The monoisotopic (exact) mass is 284 g/mol. The van der Waals surface area contributed by atoms with Crippen LogP contribution in [0.15, 0.2) is 36.4 Å². The number of nitrogens with two attached hydrogens (primary N) is 1. The van der Waals surface area contributed by atoms with Crippen molar-refractivity contribution in [1.82, 2.24) is 0 Å². The van der Waals surface area contributed by atoms with E-state index in [-0.39, 0.29) is 11.5 Å². The number of carbonyl (C=O) groups is 2. The number of nitrogen functional groups attached to an aromatic ring is 1. The zero-order chi connectivity index (χ0) is 15.6. The number of carboxylic acids is 1. The normalized spacial score (nSPS) is 10.2. The van der Waals surface area contributed by atoms with Crippen LogP contribution >= 0.6 is 0 Å². The Morgan fingerprint density at radius 3 is 2.52 bits per heavy atom. The Balaban J connectivity index is 2.33. The van der Waals surface area contributed by atoms with Gasteiger partial charge in [-0.1, -0.05) is 12.1 Å². The Morgan fingerprint density at radius 1 is 1.14 bits per heavy atom. The fourth-order valence-corrected chi connectivity index (χ4v) is 1.98. The van der Waals surface area contributed by atoms with Crippen molar-refractivity contribution >= 4 is 23.3 Å². The largest absolute Gasteiger partial charge is 0.478 e. The minimum atomic E-state index is -1.04. The van der Waals surface area contributed by atoms with Crippen molar-refractivity contribution in [2.24, 2.45) is 0 Å². The molecule has 4 N–H and O–H groups in total. The minimum absolute atomic E-state index is 0.125. The molecule has 108 valence electrons. The lowest BCUT2D eigenvalue weighted by Gasteiger charge is -2.12. The summed E-state index contributed by atoms with van der Waals surface area (Å²) in [6, 6.07) is 9.71. The molecule has 0 radical (unpaired) electrons. The molecule has 5 nitrogen and oxygen atoms in total. The van der Waals surface area contributed by atoms with Crippen LogP contribution < -0.4 is 11.1 Å². The highest BCUT2D eigenvalue weighted by Crippen LogP contribution is 2.20. The first-order valence-electron chi connectivity index (χ1n) is 6.40. The third kappa shape index (κ3) is 3.02. The van der Waals surface area contributed by atoms with E-state index >= 15 is 0 Å². The van der Waals surface area contributed by atoms with Crippen molar-refractivity contribution in [3.63, 3.8) is 0 Å². The number of rotatable bonds is 3. The Morgan fingerprint density at radius 2 is 1.86 bits per heavy atom.